The van der Waals surface area contributed by atoms with Crippen LogP contribution in [0.1, 0.15) is 32.6 Å². The van der Waals surface area contributed by atoms with Crippen molar-refractivity contribution in [1.82, 2.24) is 5.32 Å². The number of isocyanates is 2. The summed E-state index contributed by atoms with van der Waals surface area (Å²) < 4.78 is 14.9. The molecule has 0 aliphatic carbocycles. The van der Waals surface area contributed by atoms with Crippen LogP contribution < -0.4 is 5.32 Å². The maximum atomic E-state index is 11.9. The number of carbonyl (C=O) groups is 2. The van der Waals surface area contributed by atoms with Gasteiger partial charge in [-0.3, -0.25) is 0 Å². The van der Waals surface area contributed by atoms with Crippen LogP contribution in [0.2, 0.25) is 0 Å². The summed E-state index contributed by atoms with van der Waals surface area (Å²) in [5.41, 5.74) is 0.478. The van der Waals surface area contributed by atoms with E-state index >= 15 is 0 Å². The molecule has 0 heterocycles. The summed E-state index contributed by atoms with van der Waals surface area (Å²) in [5, 5.41) is 11.7. The van der Waals surface area contributed by atoms with Gasteiger partial charge in [-0.25, -0.2) is 24.2 Å². The Hall–Kier alpha value is -2.84. The van der Waals surface area contributed by atoms with Crippen molar-refractivity contribution < 1.29 is 38.5 Å². The summed E-state index contributed by atoms with van der Waals surface area (Å²) >= 11 is 0. The summed E-state index contributed by atoms with van der Waals surface area (Å²) in [5.74, 6) is -0.712. The normalized spacial score (nSPS) is 11.9. The minimum Gasteiger partial charge on any atom is -0.462 e. The quantitative estimate of drug-likeness (QED) is 0.0939. The van der Waals surface area contributed by atoms with Gasteiger partial charge in [0.15, 0.2) is 12.3 Å². The molecule has 2 N–H and O–H groups in total. The third kappa shape index (κ3) is 14.8. The van der Waals surface area contributed by atoms with E-state index in [1.54, 1.807) is 6.92 Å². The molecule has 0 bridgehead atoms. The van der Waals surface area contributed by atoms with E-state index in [4.69, 9.17) is 14.2 Å². The van der Waals surface area contributed by atoms with E-state index in [1.165, 1.54) is 12.2 Å². The summed E-state index contributed by atoms with van der Waals surface area (Å²) in [6.45, 7) is 5.61. The molecule has 0 saturated heterocycles. The molecule has 1 amide bonds. The van der Waals surface area contributed by atoms with Crippen molar-refractivity contribution >= 4 is 24.2 Å². The summed E-state index contributed by atoms with van der Waals surface area (Å²) in [6.07, 6.45) is 2.67. The summed E-state index contributed by atoms with van der Waals surface area (Å²) in [4.78, 5) is 50.5. The molecule has 0 saturated carbocycles. The van der Waals surface area contributed by atoms with Gasteiger partial charge in [0.25, 0.3) is 0 Å². The Bertz CT molecular complexity index is 612. The molecule has 0 aromatic rings. The Morgan fingerprint density at radius 1 is 1.10 bits per heavy atom. The van der Waals surface area contributed by atoms with Crippen molar-refractivity contribution in [2.45, 2.75) is 44.9 Å². The second-order valence-electron chi connectivity index (χ2n) is 5.86. The molecule has 11 heteroatoms. The van der Waals surface area contributed by atoms with Gasteiger partial charge in [0.05, 0.1) is 26.3 Å². The van der Waals surface area contributed by atoms with Gasteiger partial charge in [0.1, 0.15) is 6.61 Å². The molecular formula is C18H27N3O8. The van der Waals surface area contributed by atoms with Gasteiger partial charge < -0.3 is 24.6 Å². The number of ether oxygens (including phenoxy) is 3. The Labute approximate surface area is 168 Å². The fraction of sp³-hybridized carbons (Fsp3) is 0.667. The molecule has 0 aromatic heterocycles. The molecule has 0 aromatic carbocycles. The molecule has 11 nitrogen and oxygen atoms in total. The molecule has 162 valence electrons. The molecule has 0 aliphatic rings. The van der Waals surface area contributed by atoms with E-state index in [2.05, 4.69) is 21.9 Å². The second kappa shape index (κ2) is 17.3. The Balaban J connectivity index is 3.89. The first kappa shape index (κ1) is 26.2. The van der Waals surface area contributed by atoms with Crippen LogP contribution in [0.15, 0.2) is 22.1 Å². The number of nitrogens with one attached hydrogen (secondary N) is 1. The van der Waals surface area contributed by atoms with Gasteiger partial charge in [-0.1, -0.05) is 6.58 Å². The number of aliphatic hydroxyl groups excluding tert-OH is 1. The number of hydrogen-bond acceptors (Lipinski definition) is 10. The first-order chi connectivity index (χ1) is 13.9. The summed E-state index contributed by atoms with van der Waals surface area (Å²) in [6, 6.07) is -0.991. The lowest BCUT2D eigenvalue weighted by Crippen LogP contribution is -2.31. The highest BCUT2D eigenvalue weighted by molar-refractivity contribution is 5.77. The van der Waals surface area contributed by atoms with Crippen molar-refractivity contribution in [3.63, 3.8) is 0 Å². The van der Waals surface area contributed by atoms with Crippen LogP contribution in [0.4, 0.5) is 4.79 Å². The topological polar surface area (TPSA) is 153 Å². The molecule has 0 aliphatic heterocycles. The van der Waals surface area contributed by atoms with Crippen molar-refractivity contribution in [2.24, 2.45) is 9.98 Å². The number of aliphatic hydroxyl groups is 1. The van der Waals surface area contributed by atoms with Gasteiger partial charge in [-0.2, -0.15) is 4.99 Å². The fourth-order valence-electron chi connectivity index (χ4n) is 1.89. The minimum atomic E-state index is -1.05. The van der Waals surface area contributed by atoms with Crippen molar-refractivity contribution in [1.29, 1.82) is 0 Å². The van der Waals surface area contributed by atoms with Crippen molar-refractivity contribution in [2.75, 3.05) is 32.9 Å². The zero-order valence-electron chi connectivity index (χ0n) is 16.4. The maximum Gasteiger partial charge on any atom is 0.407 e. The van der Waals surface area contributed by atoms with E-state index in [0.717, 1.165) is 0 Å². The third-order valence-corrected chi connectivity index (χ3v) is 3.38. The minimum absolute atomic E-state index is 0.0149. The lowest BCUT2D eigenvalue weighted by Gasteiger charge is -2.12. The molecule has 0 radical (unpaired) electrons. The standard InChI is InChI=1S/C18H27N3O8/c1-14(2)16(24)27-9-5-10-29-18(26)20-8-11-28-17(25)15(21-13-23)6-3-4-7-19-12-22/h15-16,24H,1,3-11H2,2H3,(H,20,26). The Morgan fingerprint density at radius 2 is 1.86 bits per heavy atom. The number of nitrogens with zero attached hydrogens (tertiary/aromatic N) is 2. The van der Waals surface area contributed by atoms with Crippen LogP contribution in [0, 0.1) is 0 Å². The smallest absolute Gasteiger partial charge is 0.407 e. The lowest BCUT2D eigenvalue weighted by molar-refractivity contribution is -0.145. The predicted octanol–water partition coefficient (Wildman–Crippen LogP) is 0.767. The van der Waals surface area contributed by atoms with Crippen LogP contribution in [0.25, 0.3) is 0 Å². The number of unbranched alkanes of at least 4 members (excludes halogenated alkanes) is 1. The van der Waals surface area contributed by atoms with Crippen LogP contribution in [0.3, 0.4) is 0 Å². The average Bonchev–Trinajstić information content (AvgIpc) is 2.69. The number of rotatable bonds is 16. The largest absolute Gasteiger partial charge is 0.462 e. The number of carbonyl (C=O) groups excluding carboxylic acids is 4. The van der Waals surface area contributed by atoms with Crippen LogP contribution in [-0.2, 0) is 28.6 Å². The molecular weight excluding hydrogens is 386 g/mol. The van der Waals surface area contributed by atoms with E-state index in [-0.39, 0.29) is 39.3 Å². The zero-order valence-corrected chi connectivity index (χ0v) is 16.4. The SMILES string of the molecule is C=C(C)C(O)OCCCOC(=O)NCCOC(=O)C(CCCCN=C=O)N=C=O. The first-order valence-electron chi connectivity index (χ1n) is 9.05. The second-order valence-corrected chi connectivity index (χ2v) is 5.86. The maximum absolute atomic E-state index is 11.9. The van der Waals surface area contributed by atoms with Crippen molar-refractivity contribution in [3.05, 3.63) is 12.2 Å². The highest BCUT2D eigenvalue weighted by Crippen LogP contribution is 2.07. The molecule has 0 fully saturated rings. The number of amides is 1. The zero-order chi connectivity index (χ0) is 21.9. The Kier molecular flexibility index (Phi) is 15.6. The Morgan fingerprint density at radius 3 is 2.52 bits per heavy atom. The predicted molar refractivity (Wildman–Crippen MR) is 100 cm³/mol. The highest BCUT2D eigenvalue weighted by Gasteiger charge is 2.18. The summed E-state index contributed by atoms with van der Waals surface area (Å²) in [7, 11) is 0. The highest BCUT2D eigenvalue weighted by atomic mass is 16.6. The van der Waals surface area contributed by atoms with E-state index in [0.29, 0.717) is 24.8 Å². The van der Waals surface area contributed by atoms with Crippen LogP contribution in [-0.4, -0.2) is 74.6 Å². The molecule has 0 spiro atoms. The van der Waals surface area contributed by atoms with Gasteiger partial charge in [0.2, 0.25) is 12.2 Å². The monoisotopic (exact) mass is 413 g/mol. The van der Waals surface area contributed by atoms with Crippen molar-refractivity contribution in [3.8, 4) is 0 Å². The van der Waals surface area contributed by atoms with Gasteiger partial charge >= 0.3 is 12.1 Å². The first-order valence-corrected chi connectivity index (χ1v) is 9.05. The van der Waals surface area contributed by atoms with E-state index < -0.39 is 24.4 Å². The average molecular weight is 413 g/mol. The van der Waals surface area contributed by atoms with Gasteiger partial charge in [0, 0.05) is 6.42 Å². The number of esters is 1. The molecule has 2 atom stereocenters. The molecule has 0 rings (SSSR count). The van der Waals surface area contributed by atoms with E-state index in [9.17, 15) is 24.3 Å². The van der Waals surface area contributed by atoms with Gasteiger partial charge in [-0.15, -0.1) is 0 Å². The molecule has 29 heavy (non-hydrogen) atoms. The number of hydrogen-bond donors (Lipinski definition) is 2. The third-order valence-electron chi connectivity index (χ3n) is 3.38. The lowest BCUT2D eigenvalue weighted by atomic mass is 10.1. The van der Waals surface area contributed by atoms with Crippen LogP contribution in [0.5, 0.6) is 0 Å². The van der Waals surface area contributed by atoms with Gasteiger partial charge in [-0.05, 0) is 31.8 Å². The van der Waals surface area contributed by atoms with Crippen LogP contribution >= 0.6 is 0 Å². The molecule has 2 unspecified atom stereocenters. The van der Waals surface area contributed by atoms with E-state index in [1.807, 2.05) is 0 Å². The number of alkyl carbamates (subject to hydrolysis) is 1. The number of aliphatic imine (C=N–C) groups is 2. The fourth-order valence-corrected chi connectivity index (χ4v) is 1.89.